The van der Waals surface area contributed by atoms with Gasteiger partial charge in [-0.15, -0.1) is 0 Å². The fourth-order valence-electron chi connectivity index (χ4n) is 1.45. The molecule has 0 heterocycles. The van der Waals surface area contributed by atoms with Crippen molar-refractivity contribution >= 4 is 7.85 Å². The first-order chi connectivity index (χ1) is 4.77. The molecule has 0 bridgehead atoms. The van der Waals surface area contributed by atoms with Gasteiger partial charge in [-0.05, 0) is 18.7 Å². The van der Waals surface area contributed by atoms with Crippen molar-refractivity contribution in [3.63, 3.8) is 0 Å². The van der Waals surface area contributed by atoms with Gasteiger partial charge < -0.3 is 9.47 Å². The number of hydrogen-bond acceptors (Lipinski definition) is 2. The summed E-state index contributed by atoms with van der Waals surface area (Å²) in [6.07, 6.45) is 2.37. The van der Waals surface area contributed by atoms with Crippen LogP contribution in [0.25, 0.3) is 0 Å². The lowest BCUT2D eigenvalue weighted by atomic mass is 9.84. The Morgan fingerprint density at radius 2 is 1.90 bits per heavy atom. The number of methoxy groups -OCH3 is 2. The fraction of sp³-hybridized carbons (Fsp3) is 1.00. The molecular weight excluding hydrogens is 127 g/mol. The highest BCUT2D eigenvalue weighted by atomic mass is 16.5. The topological polar surface area (TPSA) is 18.5 Å². The minimum atomic E-state index is 0.162. The lowest BCUT2D eigenvalue weighted by Crippen LogP contribution is -2.11. The van der Waals surface area contributed by atoms with Crippen molar-refractivity contribution in [1.82, 2.24) is 0 Å². The Morgan fingerprint density at radius 3 is 2.20 bits per heavy atom. The molecule has 0 aliphatic heterocycles. The van der Waals surface area contributed by atoms with Gasteiger partial charge in [-0.1, -0.05) is 0 Å². The zero-order chi connectivity index (χ0) is 7.56. The van der Waals surface area contributed by atoms with Crippen molar-refractivity contribution in [2.45, 2.75) is 30.9 Å². The summed E-state index contributed by atoms with van der Waals surface area (Å²) in [6, 6.07) is 0. The van der Waals surface area contributed by atoms with Gasteiger partial charge in [0.1, 0.15) is 0 Å². The maximum Gasteiger partial charge on any atom is 0.0736 e. The third-order valence-electron chi connectivity index (χ3n) is 2.14. The minimum absolute atomic E-state index is 0.162. The second-order valence-corrected chi connectivity index (χ2v) is 2.77. The van der Waals surface area contributed by atoms with Crippen molar-refractivity contribution in [3.8, 4) is 0 Å². The second-order valence-electron chi connectivity index (χ2n) is 2.77. The molecule has 1 fully saturated rings. The summed E-state index contributed by atoms with van der Waals surface area (Å²) in [4.78, 5) is 0. The minimum Gasteiger partial charge on any atom is -0.382 e. The summed E-state index contributed by atoms with van der Waals surface area (Å²) < 4.78 is 10.3. The van der Waals surface area contributed by atoms with E-state index in [0.717, 1.165) is 12.8 Å². The van der Waals surface area contributed by atoms with Crippen molar-refractivity contribution in [1.29, 1.82) is 0 Å². The van der Waals surface area contributed by atoms with Gasteiger partial charge in [0.25, 0.3) is 0 Å². The lowest BCUT2D eigenvalue weighted by molar-refractivity contribution is 0.0688. The number of rotatable bonds is 2. The standard InChI is InChI=1S/C7H13BO2/c1-9-5-3-6(8)7(4-5)10-2/h5-7H,3-4H2,1-2H3/t5-,6+,7+/m0/s1. The van der Waals surface area contributed by atoms with E-state index in [4.69, 9.17) is 17.3 Å². The normalized spacial score (nSPS) is 40.4. The monoisotopic (exact) mass is 140 g/mol. The van der Waals surface area contributed by atoms with E-state index in [1.54, 1.807) is 14.2 Å². The first kappa shape index (κ1) is 8.09. The van der Waals surface area contributed by atoms with Crippen LogP contribution in [0.2, 0.25) is 5.82 Å². The van der Waals surface area contributed by atoms with Crippen LogP contribution in [-0.4, -0.2) is 34.3 Å². The number of hydrogen-bond donors (Lipinski definition) is 0. The predicted molar refractivity (Wildman–Crippen MR) is 40.3 cm³/mol. The average Bonchev–Trinajstić information content (AvgIpc) is 2.30. The van der Waals surface area contributed by atoms with Crippen molar-refractivity contribution in [3.05, 3.63) is 0 Å². The van der Waals surface area contributed by atoms with Gasteiger partial charge in [0, 0.05) is 14.2 Å². The van der Waals surface area contributed by atoms with Gasteiger partial charge in [0.05, 0.1) is 20.1 Å². The maximum atomic E-state index is 5.75. The molecule has 1 aliphatic rings. The zero-order valence-corrected chi connectivity index (χ0v) is 6.54. The van der Waals surface area contributed by atoms with Gasteiger partial charge in [0.2, 0.25) is 0 Å². The molecule has 2 radical (unpaired) electrons. The third kappa shape index (κ3) is 1.52. The second kappa shape index (κ2) is 3.40. The van der Waals surface area contributed by atoms with E-state index in [0.29, 0.717) is 6.10 Å². The van der Waals surface area contributed by atoms with E-state index in [2.05, 4.69) is 0 Å². The van der Waals surface area contributed by atoms with Gasteiger partial charge in [0.15, 0.2) is 0 Å². The summed E-state index contributed by atoms with van der Waals surface area (Å²) in [5, 5.41) is 0. The molecule has 0 saturated heterocycles. The lowest BCUT2D eigenvalue weighted by Gasteiger charge is -2.11. The molecule has 1 saturated carbocycles. The third-order valence-corrected chi connectivity index (χ3v) is 2.14. The summed E-state index contributed by atoms with van der Waals surface area (Å²) in [6.45, 7) is 0. The van der Waals surface area contributed by atoms with E-state index < -0.39 is 0 Å². The molecule has 0 amide bonds. The molecule has 0 unspecified atom stereocenters. The Kier molecular flexibility index (Phi) is 2.75. The van der Waals surface area contributed by atoms with Gasteiger partial charge in [-0.2, -0.15) is 0 Å². The largest absolute Gasteiger partial charge is 0.382 e. The van der Waals surface area contributed by atoms with Gasteiger partial charge in [-0.25, -0.2) is 0 Å². The van der Waals surface area contributed by atoms with Crippen molar-refractivity contribution in [2.75, 3.05) is 14.2 Å². The molecule has 0 aromatic heterocycles. The maximum absolute atomic E-state index is 5.75. The van der Waals surface area contributed by atoms with E-state index >= 15 is 0 Å². The van der Waals surface area contributed by atoms with Crippen LogP contribution in [0.1, 0.15) is 12.8 Å². The molecule has 0 aromatic carbocycles. The summed E-state index contributed by atoms with van der Waals surface area (Å²) in [5.74, 6) is 0.162. The Bertz CT molecular complexity index is 108. The quantitative estimate of drug-likeness (QED) is 0.527. The van der Waals surface area contributed by atoms with Crippen molar-refractivity contribution < 1.29 is 9.47 Å². The molecular formula is C7H13BO2. The Morgan fingerprint density at radius 1 is 1.20 bits per heavy atom. The SMILES string of the molecule is [B][C@@H]1C[C@H](OC)C[C@H]1OC. The highest BCUT2D eigenvalue weighted by Crippen LogP contribution is 2.31. The summed E-state index contributed by atoms with van der Waals surface area (Å²) in [5.41, 5.74) is 0. The Hall–Kier alpha value is -0.0151. The number of ether oxygens (including phenoxy) is 2. The Balaban J connectivity index is 2.36. The summed E-state index contributed by atoms with van der Waals surface area (Å²) >= 11 is 0. The highest BCUT2D eigenvalue weighted by molar-refractivity contribution is 6.12. The van der Waals surface area contributed by atoms with Crippen LogP contribution in [0.3, 0.4) is 0 Å². The smallest absolute Gasteiger partial charge is 0.0736 e. The van der Waals surface area contributed by atoms with E-state index in [9.17, 15) is 0 Å². The van der Waals surface area contributed by atoms with E-state index in [-0.39, 0.29) is 11.9 Å². The van der Waals surface area contributed by atoms with Gasteiger partial charge in [-0.3, -0.25) is 0 Å². The van der Waals surface area contributed by atoms with E-state index in [1.807, 2.05) is 0 Å². The van der Waals surface area contributed by atoms with Crippen LogP contribution in [0.4, 0.5) is 0 Å². The van der Waals surface area contributed by atoms with Gasteiger partial charge >= 0.3 is 0 Å². The van der Waals surface area contributed by atoms with Crippen LogP contribution in [0, 0.1) is 0 Å². The van der Waals surface area contributed by atoms with Crippen LogP contribution in [0.15, 0.2) is 0 Å². The first-order valence-corrected chi connectivity index (χ1v) is 3.59. The molecule has 3 heteroatoms. The molecule has 56 valence electrons. The van der Waals surface area contributed by atoms with Crippen LogP contribution in [-0.2, 0) is 9.47 Å². The molecule has 10 heavy (non-hydrogen) atoms. The fourth-order valence-corrected chi connectivity index (χ4v) is 1.45. The van der Waals surface area contributed by atoms with Crippen LogP contribution >= 0.6 is 0 Å². The van der Waals surface area contributed by atoms with Crippen LogP contribution in [0.5, 0.6) is 0 Å². The molecule has 0 N–H and O–H groups in total. The van der Waals surface area contributed by atoms with Crippen molar-refractivity contribution in [2.24, 2.45) is 0 Å². The first-order valence-electron chi connectivity index (χ1n) is 3.59. The molecule has 3 atom stereocenters. The molecule has 0 spiro atoms. The average molecular weight is 140 g/mol. The van der Waals surface area contributed by atoms with E-state index in [1.165, 1.54) is 0 Å². The highest BCUT2D eigenvalue weighted by Gasteiger charge is 2.30. The molecule has 1 rings (SSSR count). The molecule has 1 aliphatic carbocycles. The van der Waals surface area contributed by atoms with Crippen LogP contribution < -0.4 is 0 Å². The molecule has 2 nitrogen and oxygen atoms in total. The Labute approximate surface area is 63.3 Å². The zero-order valence-electron chi connectivity index (χ0n) is 6.54. The molecule has 0 aromatic rings. The predicted octanol–water partition coefficient (Wildman–Crippen LogP) is 0.767. The summed E-state index contributed by atoms with van der Waals surface area (Å²) in [7, 11) is 9.17.